The molecule has 4 nitrogen and oxygen atoms in total. The molecule has 20 heavy (non-hydrogen) atoms. The summed E-state index contributed by atoms with van der Waals surface area (Å²) in [6.45, 7) is 0. The fourth-order valence-corrected chi connectivity index (χ4v) is 3.72. The molecule has 0 spiro atoms. The highest BCUT2D eigenvalue weighted by atomic mass is 35.7. The van der Waals surface area contributed by atoms with Crippen molar-refractivity contribution in [2.75, 3.05) is 11.5 Å². The Bertz CT molecular complexity index is 390. The lowest BCUT2D eigenvalue weighted by Gasteiger charge is -2.02. The maximum absolute atomic E-state index is 10.7. The first-order chi connectivity index (χ1) is 9.21. The molecule has 0 unspecified atom stereocenters. The fourth-order valence-electron chi connectivity index (χ4n) is 1.96. The van der Waals surface area contributed by atoms with Crippen LogP contribution in [0.2, 0.25) is 0 Å². The monoisotopic (exact) mass is 366 g/mol. The highest BCUT2D eigenvalue weighted by Crippen LogP contribution is 2.12. The summed E-state index contributed by atoms with van der Waals surface area (Å²) in [6.07, 6.45) is 9.66. The first-order valence-electron chi connectivity index (χ1n) is 7.05. The van der Waals surface area contributed by atoms with Crippen molar-refractivity contribution in [1.29, 1.82) is 0 Å². The lowest BCUT2D eigenvalue weighted by atomic mass is 10.1. The number of hydrogen-bond donors (Lipinski definition) is 0. The second kappa shape index (κ2) is 11.1. The number of unbranched alkanes of at least 4 members (excludes halogenated alkanes) is 9. The third kappa shape index (κ3) is 18.5. The Morgan fingerprint density at radius 3 is 0.850 bits per heavy atom. The van der Waals surface area contributed by atoms with E-state index in [0.717, 1.165) is 51.4 Å². The second-order valence-electron chi connectivity index (χ2n) is 5.02. The van der Waals surface area contributed by atoms with Gasteiger partial charge >= 0.3 is 0 Å². The predicted molar refractivity (Wildman–Crippen MR) is 85.4 cm³/mol. The van der Waals surface area contributed by atoms with Gasteiger partial charge < -0.3 is 0 Å². The molecule has 0 radical (unpaired) electrons. The predicted octanol–water partition coefficient (Wildman–Crippen LogP) is 4.02. The lowest BCUT2D eigenvalue weighted by Crippen LogP contribution is -1.96. The van der Waals surface area contributed by atoms with E-state index in [1.807, 2.05) is 0 Å². The summed E-state index contributed by atoms with van der Waals surface area (Å²) in [5, 5.41) is 0. The average molecular weight is 367 g/mol. The van der Waals surface area contributed by atoms with Crippen LogP contribution < -0.4 is 0 Å². The molecule has 0 heterocycles. The Hall–Kier alpha value is 0.480. The standard InChI is InChI=1S/C12H24Cl2O4S2/c13-19(15,16)11-9-7-5-3-1-2-4-6-8-10-12-20(14,17)18/h1-12H2. The van der Waals surface area contributed by atoms with Crippen LogP contribution in [-0.2, 0) is 18.1 Å². The van der Waals surface area contributed by atoms with Crippen molar-refractivity contribution in [3.05, 3.63) is 0 Å². The van der Waals surface area contributed by atoms with Crippen molar-refractivity contribution in [2.24, 2.45) is 0 Å². The Balaban J connectivity index is 3.18. The molecule has 0 rings (SSSR count). The SMILES string of the molecule is O=S(=O)(Cl)CCCCCCCCCCCCS(=O)(=O)Cl. The Morgan fingerprint density at radius 2 is 0.650 bits per heavy atom. The molecule has 0 saturated heterocycles. The maximum Gasteiger partial charge on any atom is 0.232 e. The van der Waals surface area contributed by atoms with Crippen LogP contribution in [-0.4, -0.2) is 28.3 Å². The van der Waals surface area contributed by atoms with Gasteiger partial charge in [-0.25, -0.2) is 16.8 Å². The summed E-state index contributed by atoms with van der Waals surface area (Å²) >= 11 is 0. The summed E-state index contributed by atoms with van der Waals surface area (Å²) in [4.78, 5) is 0. The van der Waals surface area contributed by atoms with E-state index in [9.17, 15) is 16.8 Å². The van der Waals surface area contributed by atoms with Crippen LogP contribution in [0.5, 0.6) is 0 Å². The zero-order valence-electron chi connectivity index (χ0n) is 11.7. The summed E-state index contributed by atoms with van der Waals surface area (Å²) in [6, 6.07) is 0. The van der Waals surface area contributed by atoms with Gasteiger partial charge in [-0.1, -0.05) is 51.4 Å². The van der Waals surface area contributed by atoms with E-state index in [1.165, 1.54) is 0 Å². The molecule has 0 N–H and O–H groups in total. The Kier molecular flexibility index (Phi) is 11.4. The van der Waals surface area contributed by atoms with Gasteiger partial charge in [0.2, 0.25) is 18.1 Å². The molecule has 0 aliphatic rings. The van der Waals surface area contributed by atoms with Gasteiger partial charge in [0, 0.05) is 21.4 Å². The second-order valence-corrected chi connectivity index (χ2v) is 10.8. The third-order valence-electron chi connectivity index (χ3n) is 3.03. The molecule has 0 fully saturated rings. The van der Waals surface area contributed by atoms with Gasteiger partial charge in [-0.05, 0) is 12.8 Å². The normalized spacial score (nSPS) is 12.7. The highest BCUT2D eigenvalue weighted by Gasteiger charge is 2.04. The molecule has 122 valence electrons. The molecule has 0 aliphatic carbocycles. The minimum atomic E-state index is -3.32. The van der Waals surface area contributed by atoms with E-state index in [0.29, 0.717) is 12.8 Å². The molecule has 0 aromatic rings. The largest absolute Gasteiger partial charge is 0.232 e. The quantitative estimate of drug-likeness (QED) is 0.364. The van der Waals surface area contributed by atoms with E-state index < -0.39 is 18.1 Å². The van der Waals surface area contributed by atoms with Crippen LogP contribution in [0.3, 0.4) is 0 Å². The first kappa shape index (κ1) is 20.5. The third-order valence-corrected chi connectivity index (χ3v) is 5.50. The smallest absolute Gasteiger partial charge is 0.212 e. The lowest BCUT2D eigenvalue weighted by molar-refractivity contribution is 0.557. The molecule has 0 aliphatic heterocycles. The van der Waals surface area contributed by atoms with Crippen LogP contribution in [0.25, 0.3) is 0 Å². The van der Waals surface area contributed by atoms with Crippen LogP contribution in [0, 0.1) is 0 Å². The molecule has 0 aromatic heterocycles. The average Bonchev–Trinajstić information content (AvgIpc) is 2.27. The minimum absolute atomic E-state index is 0.0675. The zero-order valence-corrected chi connectivity index (χ0v) is 14.8. The fraction of sp³-hybridized carbons (Fsp3) is 1.00. The van der Waals surface area contributed by atoms with Gasteiger partial charge in [0.05, 0.1) is 11.5 Å². The summed E-state index contributed by atoms with van der Waals surface area (Å²) in [5.41, 5.74) is 0. The van der Waals surface area contributed by atoms with E-state index >= 15 is 0 Å². The van der Waals surface area contributed by atoms with Crippen molar-refractivity contribution >= 4 is 39.5 Å². The first-order valence-corrected chi connectivity index (χ1v) is 12.0. The van der Waals surface area contributed by atoms with Crippen LogP contribution in [0.15, 0.2) is 0 Å². The van der Waals surface area contributed by atoms with Gasteiger partial charge in [0.1, 0.15) is 0 Å². The van der Waals surface area contributed by atoms with Crippen LogP contribution in [0.4, 0.5) is 0 Å². The maximum atomic E-state index is 10.7. The van der Waals surface area contributed by atoms with E-state index in [1.54, 1.807) is 0 Å². The molecular formula is C12H24Cl2O4S2. The molecule has 0 bridgehead atoms. The number of rotatable bonds is 13. The van der Waals surface area contributed by atoms with E-state index in [-0.39, 0.29) is 11.5 Å². The van der Waals surface area contributed by atoms with Crippen molar-refractivity contribution in [2.45, 2.75) is 64.2 Å². The molecule has 0 amide bonds. The van der Waals surface area contributed by atoms with Gasteiger partial charge in [-0.15, -0.1) is 0 Å². The Labute approximate surface area is 132 Å². The van der Waals surface area contributed by atoms with Gasteiger partial charge in [-0.3, -0.25) is 0 Å². The zero-order chi connectivity index (χ0) is 15.5. The topological polar surface area (TPSA) is 68.3 Å². The molecule has 0 saturated carbocycles. The van der Waals surface area contributed by atoms with Crippen LogP contribution >= 0.6 is 21.4 Å². The molecule has 0 atom stereocenters. The summed E-state index contributed by atoms with van der Waals surface area (Å²) < 4.78 is 42.7. The van der Waals surface area contributed by atoms with Crippen molar-refractivity contribution in [3.8, 4) is 0 Å². The van der Waals surface area contributed by atoms with Gasteiger partial charge in [0.15, 0.2) is 0 Å². The minimum Gasteiger partial charge on any atom is -0.212 e. The van der Waals surface area contributed by atoms with Crippen molar-refractivity contribution in [3.63, 3.8) is 0 Å². The summed E-state index contributed by atoms with van der Waals surface area (Å²) in [7, 11) is 3.57. The number of halogens is 2. The molecule has 8 heteroatoms. The van der Waals surface area contributed by atoms with Crippen molar-refractivity contribution in [1.82, 2.24) is 0 Å². The molecule has 0 aromatic carbocycles. The highest BCUT2D eigenvalue weighted by molar-refractivity contribution is 8.14. The van der Waals surface area contributed by atoms with Gasteiger partial charge in [-0.2, -0.15) is 0 Å². The van der Waals surface area contributed by atoms with Gasteiger partial charge in [0.25, 0.3) is 0 Å². The molecular weight excluding hydrogens is 343 g/mol. The Morgan fingerprint density at radius 1 is 0.450 bits per heavy atom. The van der Waals surface area contributed by atoms with Crippen LogP contribution in [0.1, 0.15) is 64.2 Å². The summed E-state index contributed by atoms with van der Waals surface area (Å²) in [5.74, 6) is 0.135. The van der Waals surface area contributed by atoms with E-state index in [2.05, 4.69) is 0 Å². The van der Waals surface area contributed by atoms with Crippen molar-refractivity contribution < 1.29 is 16.8 Å². The van der Waals surface area contributed by atoms with E-state index in [4.69, 9.17) is 21.4 Å². The number of hydrogen-bond acceptors (Lipinski definition) is 4.